The van der Waals surface area contributed by atoms with Crippen LogP contribution in [0.4, 0.5) is 0 Å². The molecule has 0 saturated carbocycles. The second-order valence-electron chi connectivity index (χ2n) is 8.01. The molecule has 16 heteroatoms. The molecule has 0 aliphatic heterocycles. The molecule has 0 unspecified atom stereocenters. The Morgan fingerprint density at radius 3 is 1.92 bits per heavy atom. The average molecular weight is 589 g/mol. The molecule has 2 heterocycles. The zero-order chi connectivity index (χ0) is 29.3. The first kappa shape index (κ1) is 31.8. The highest BCUT2D eigenvalue weighted by molar-refractivity contribution is 7.99. The van der Waals surface area contributed by atoms with E-state index >= 15 is 0 Å². The van der Waals surface area contributed by atoms with Crippen LogP contribution >= 0.6 is 23.4 Å². The molecule has 214 valence electrons. The lowest BCUT2D eigenvalue weighted by Crippen LogP contribution is -2.54. The number of carbonyl (C=O) groups excluding carboxylic acids is 5. The molecule has 0 fully saturated rings. The van der Waals surface area contributed by atoms with Gasteiger partial charge in [0.15, 0.2) is 35.2 Å². The minimum atomic E-state index is -1.58. The van der Waals surface area contributed by atoms with E-state index in [9.17, 15) is 24.0 Å². The fraction of sp³-hybridized carbons (Fsp3) is 0.565. The van der Waals surface area contributed by atoms with Gasteiger partial charge in [0.1, 0.15) is 23.8 Å². The monoisotopic (exact) mass is 588 g/mol. The van der Waals surface area contributed by atoms with Crippen LogP contribution < -0.4 is 0 Å². The number of hydrogen-bond acceptors (Lipinski definition) is 14. The first-order valence-electron chi connectivity index (χ1n) is 11.6. The van der Waals surface area contributed by atoms with Crippen LogP contribution in [0.2, 0.25) is 5.15 Å². The van der Waals surface area contributed by atoms with Gasteiger partial charge in [0.2, 0.25) is 0 Å². The molecule has 0 spiro atoms. The standard InChI is InChI=1S/C23H29ClN4O10S/c1-7-39-23(28-10-27-17-21(24)25-9-26-22(17)28)20(38-15(6)33)19(37-14(5)32)18(36-13(4)31)16(35-12(3)30)8-34-11(2)29/h9-10,16,18-20,23H,7-8H2,1-6H3/t16-,18-,19-,20-,23-/m1/s1. The lowest BCUT2D eigenvalue weighted by atomic mass is 10.0. The fourth-order valence-corrected chi connectivity index (χ4v) is 4.89. The second kappa shape index (κ2) is 14.6. The summed E-state index contributed by atoms with van der Waals surface area (Å²) in [5.41, 5.74) is 0.538. The van der Waals surface area contributed by atoms with Crippen LogP contribution in [0.25, 0.3) is 11.2 Å². The molecule has 2 rings (SSSR count). The van der Waals surface area contributed by atoms with Crippen molar-refractivity contribution in [2.75, 3.05) is 12.4 Å². The Balaban J connectivity index is 2.76. The number of thioether (sulfide) groups is 1. The number of hydrogen-bond donors (Lipinski definition) is 0. The van der Waals surface area contributed by atoms with E-state index in [2.05, 4.69) is 15.0 Å². The molecular weight excluding hydrogens is 560 g/mol. The van der Waals surface area contributed by atoms with Crippen LogP contribution in [0.5, 0.6) is 0 Å². The highest BCUT2D eigenvalue weighted by Gasteiger charge is 2.47. The van der Waals surface area contributed by atoms with Crippen LogP contribution in [0.15, 0.2) is 12.7 Å². The van der Waals surface area contributed by atoms with E-state index < -0.39 is 66.2 Å². The lowest BCUT2D eigenvalue weighted by Gasteiger charge is -2.38. The maximum absolute atomic E-state index is 12.3. The van der Waals surface area contributed by atoms with Crippen molar-refractivity contribution in [1.82, 2.24) is 19.5 Å². The third kappa shape index (κ3) is 9.06. The maximum Gasteiger partial charge on any atom is 0.303 e. The first-order chi connectivity index (χ1) is 18.3. The minimum Gasteiger partial charge on any atom is -0.462 e. The number of esters is 5. The molecule has 0 bridgehead atoms. The largest absolute Gasteiger partial charge is 0.462 e. The van der Waals surface area contributed by atoms with Gasteiger partial charge in [-0.2, -0.15) is 0 Å². The summed E-state index contributed by atoms with van der Waals surface area (Å²) < 4.78 is 28.6. The Kier molecular flexibility index (Phi) is 11.9. The third-order valence-corrected chi connectivity index (χ3v) is 6.34. The number of ether oxygens (including phenoxy) is 5. The van der Waals surface area contributed by atoms with Crippen molar-refractivity contribution in [3.05, 3.63) is 17.8 Å². The summed E-state index contributed by atoms with van der Waals surface area (Å²) in [6.07, 6.45) is -3.34. The van der Waals surface area contributed by atoms with Gasteiger partial charge in [-0.25, -0.2) is 15.0 Å². The summed E-state index contributed by atoms with van der Waals surface area (Å²) in [5, 5.41) is -0.808. The van der Waals surface area contributed by atoms with Gasteiger partial charge >= 0.3 is 29.8 Å². The molecule has 0 amide bonds. The van der Waals surface area contributed by atoms with Gasteiger partial charge < -0.3 is 23.7 Å². The summed E-state index contributed by atoms with van der Waals surface area (Å²) in [5.74, 6) is -3.49. The van der Waals surface area contributed by atoms with Crippen LogP contribution in [0.3, 0.4) is 0 Å². The lowest BCUT2D eigenvalue weighted by molar-refractivity contribution is -0.203. The Morgan fingerprint density at radius 1 is 0.821 bits per heavy atom. The third-order valence-electron chi connectivity index (χ3n) is 4.90. The zero-order valence-electron chi connectivity index (χ0n) is 22.1. The van der Waals surface area contributed by atoms with Crippen LogP contribution in [-0.2, 0) is 47.7 Å². The molecule has 39 heavy (non-hydrogen) atoms. The smallest absolute Gasteiger partial charge is 0.303 e. The molecular formula is C23H29ClN4O10S. The van der Waals surface area contributed by atoms with Crippen molar-refractivity contribution in [2.24, 2.45) is 0 Å². The molecule has 0 aliphatic rings. The fourth-order valence-electron chi connectivity index (χ4n) is 3.66. The number of halogens is 1. The minimum absolute atomic E-state index is 0.0775. The summed E-state index contributed by atoms with van der Waals surface area (Å²) >= 11 is 7.43. The number of aromatic nitrogens is 4. The highest BCUT2D eigenvalue weighted by Crippen LogP contribution is 2.36. The summed E-state index contributed by atoms with van der Waals surface area (Å²) in [6, 6.07) is 0. The molecule has 0 aromatic carbocycles. The highest BCUT2D eigenvalue weighted by atomic mass is 35.5. The summed E-state index contributed by atoms with van der Waals surface area (Å²) in [4.78, 5) is 72.7. The number of nitrogens with zero attached hydrogens (tertiary/aromatic N) is 4. The van der Waals surface area contributed by atoms with Crippen molar-refractivity contribution in [3.63, 3.8) is 0 Å². The van der Waals surface area contributed by atoms with E-state index in [1.165, 1.54) is 24.4 Å². The van der Waals surface area contributed by atoms with Gasteiger partial charge in [0, 0.05) is 34.6 Å². The first-order valence-corrected chi connectivity index (χ1v) is 13.0. The Morgan fingerprint density at radius 2 is 1.38 bits per heavy atom. The number of fused-ring (bicyclic) bond motifs is 1. The molecule has 2 aromatic heterocycles. The Labute approximate surface area is 233 Å². The van der Waals surface area contributed by atoms with Gasteiger partial charge in [0.25, 0.3) is 0 Å². The van der Waals surface area contributed by atoms with E-state index in [0.29, 0.717) is 5.75 Å². The second-order valence-corrected chi connectivity index (χ2v) is 9.76. The maximum atomic E-state index is 12.3. The van der Waals surface area contributed by atoms with Crippen molar-refractivity contribution in [1.29, 1.82) is 0 Å². The Hall–Kier alpha value is -3.46. The molecule has 0 aliphatic carbocycles. The van der Waals surface area contributed by atoms with Gasteiger partial charge in [0.05, 0.1) is 6.33 Å². The zero-order valence-corrected chi connectivity index (χ0v) is 23.7. The molecule has 2 aromatic rings. The van der Waals surface area contributed by atoms with Crippen molar-refractivity contribution >= 4 is 64.4 Å². The van der Waals surface area contributed by atoms with Gasteiger partial charge in [-0.05, 0) is 5.75 Å². The van der Waals surface area contributed by atoms with E-state index in [1.54, 1.807) is 4.57 Å². The molecule has 0 N–H and O–H groups in total. The SMILES string of the molecule is CCS[C@H]([C@H](OC(C)=O)[C@H](OC(C)=O)[C@H](OC(C)=O)[C@@H](COC(C)=O)OC(C)=O)n1cnc2c(Cl)ncnc21. The predicted octanol–water partition coefficient (Wildman–Crippen LogP) is 2.02. The average Bonchev–Trinajstić information content (AvgIpc) is 3.26. The van der Waals surface area contributed by atoms with E-state index in [4.69, 9.17) is 35.3 Å². The van der Waals surface area contributed by atoms with Crippen molar-refractivity contribution < 1.29 is 47.7 Å². The normalized spacial score (nSPS) is 14.8. The predicted molar refractivity (Wildman–Crippen MR) is 136 cm³/mol. The number of carbonyl (C=O) groups is 5. The number of imidazole rings is 1. The Bertz CT molecular complexity index is 1210. The molecule has 5 atom stereocenters. The summed E-state index contributed by atoms with van der Waals surface area (Å²) in [7, 11) is 0. The quantitative estimate of drug-likeness (QED) is 0.189. The van der Waals surface area contributed by atoms with Crippen LogP contribution in [0.1, 0.15) is 46.9 Å². The van der Waals surface area contributed by atoms with Crippen LogP contribution in [-0.4, -0.2) is 86.1 Å². The van der Waals surface area contributed by atoms with Crippen molar-refractivity contribution in [3.8, 4) is 0 Å². The molecule has 0 radical (unpaired) electrons. The summed E-state index contributed by atoms with van der Waals surface area (Å²) in [6.45, 7) is 6.80. The van der Waals surface area contributed by atoms with Crippen LogP contribution in [0, 0.1) is 0 Å². The molecule has 14 nitrogen and oxygen atoms in total. The number of rotatable bonds is 13. The van der Waals surface area contributed by atoms with Gasteiger partial charge in [-0.1, -0.05) is 18.5 Å². The van der Waals surface area contributed by atoms with Gasteiger partial charge in [-0.3, -0.25) is 28.5 Å². The van der Waals surface area contributed by atoms with Crippen molar-refractivity contribution in [2.45, 2.75) is 71.3 Å². The molecule has 0 saturated heterocycles. The van der Waals surface area contributed by atoms with E-state index in [1.807, 2.05) is 6.92 Å². The van der Waals surface area contributed by atoms with E-state index in [0.717, 1.165) is 34.6 Å². The van der Waals surface area contributed by atoms with E-state index in [-0.39, 0.29) is 16.3 Å². The van der Waals surface area contributed by atoms with Gasteiger partial charge in [-0.15, -0.1) is 11.8 Å². The topological polar surface area (TPSA) is 175 Å².